The summed E-state index contributed by atoms with van der Waals surface area (Å²) in [6.45, 7) is 5.12. The lowest BCUT2D eigenvalue weighted by atomic mass is 10.1. The summed E-state index contributed by atoms with van der Waals surface area (Å²) in [6, 6.07) is 8.77. The predicted molar refractivity (Wildman–Crippen MR) is 66.7 cm³/mol. The van der Waals surface area contributed by atoms with Crippen molar-refractivity contribution in [1.29, 1.82) is 0 Å². The first-order valence-corrected chi connectivity index (χ1v) is 6.22. The SMILES string of the molecule is Cc1ccc(CCNC[C@H]2CCCO2)cc1. The highest BCUT2D eigenvalue weighted by molar-refractivity contribution is 5.21. The number of ether oxygens (including phenoxy) is 1. The molecule has 0 aliphatic carbocycles. The quantitative estimate of drug-likeness (QED) is 0.767. The van der Waals surface area contributed by atoms with Crippen molar-refractivity contribution in [3.8, 4) is 0 Å². The Morgan fingerprint density at radius 1 is 1.31 bits per heavy atom. The van der Waals surface area contributed by atoms with E-state index in [0.29, 0.717) is 6.10 Å². The van der Waals surface area contributed by atoms with Crippen LogP contribution < -0.4 is 5.32 Å². The third kappa shape index (κ3) is 3.62. The predicted octanol–water partition coefficient (Wildman–Crippen LogP) is 2.31. The zero-order chi connectivity index (χ0) is 11.2. The summed E-state index contributed by atoms with van der Waals surface area (Å²) in [6.07, 6.45) is 4.01. The first-order chi connectivity index (χ1) is 7.84. The smallest absolute Gasteiger partial charge is 0.0700 e. The Hall–Kier alpha value is -0.860. The van der Waals surface area contributed by atoms with E-state index in [1.54, 1.807) is 0 Å². The molecule has 1 N–H and O–H groups in total. The van der Waals surface area contributed by atoms with E-state index < -0.39 is 0 Å². The van der Waals surface area contributed by atoms with Crippen LogP contribution in [0.2, 0.25) is 0 Å². The van der Waals surface area contributed by atoms with Crippen molar-refractivity contribution >= 4 is 0 Å². The molecule has 16 heavy (non-hydrogen) atoms. The first-order valence-electron chi connectivity index (χ1n) is 6.22. The van der Waals surface area contributed by atoms with Crippen molar-refractivity contribution in [2.45, 2.75) is 32.3 Å². The molecule has 0 amide bonds. The van der Waals surface area contributed by atoms with Gasteiger partial charge in [0, 0.05) is 13.2 Å². The summed E-state index contributed by atoms with van der Waals surface area (Å²) in [7, 11) is 0. The Morgan fingerprint density at radius 2 is 2.12 bits per heavy atom. The fourth-order valence-electron chi connectivity index (χ4n) is 2.06. The minimum atomic E-state index is 0.456. The second-order valence-electron chi connectivity index (χ2n) is 4.57. The van der Waals surface area contributed by atoms with Gasteiger partial charge in [-0.3, -0.25) is 0 Å². The second kappa shape index (κ2) is 6.02. The molecule has 1 saturated heterocycles. The fourth-order valence-corrected chi connectivity index (χ4v) is 2.06. The molecule has 1 aliphatic heterocycles. The van der Waals surface area contributed by atoms with Gasteiger partial charge < -0.3 is 10.1 Å². The third-order valence-corrected chi connectivity index (χ3v) is 3.11. The van der Waals surface area contributed by atoms with Crippen molar-refractivity contribution in [2.24, 2.45) is 0 Å². The van der Waals surface area contributed by atoms with Gasteiger partial charge in [-0.15, -0.1) is 0 Å². The minimum absolute atomic E-state index is 0.456. The van der Waals surface area contributed by atoms with Gasteiger partial charge >= 0.3 is 0 Å². The van der Waals surface area contributed by atoms with Crippen molar-refractivity contribution in [3.63, 3.8) is 0 Å². The molecule has 0 bridgehead atoms. The molecule has 2 rings (SSSR count). The van der Waals surface area contributed by atoms with E-state index in [9.17, 15) is 0 Å². The molecule has 0 radical (unpaired) electrons. The van der Waals surface area contributed by atoms with Crippen molar-refractivity contribution < 1.29 is 4.74 Å². The molecule has 2 heteroatoms. The molecule has 1 fully saturated rings. The van der Waals surface area contributed by atoms with E-state index in [-0.39, 0.29) is 0 Å². The van der Waals surface area contributed by atoms with Crippen LogP contribution in [0.25, 0.3) is 0 Å². The van der Waals surface area contributed by atoms with E-state index in [1.807, 2.05) is 0 Å². The molecule has 0 spiro atoms. The zero-order valence-electron chi connectivity index (χ0n) is 10.0. The van der Waals surface area contributed by atoms with Crippen LogP contribution in [0.3, 0.4) is 0 Å². The van der Waals surface area contributed by atoms with Crippen molar-refractivity contribution in [1.82, 2.24) is 5.32 Å². The van der Waals surface area contributed by atoms with Crippen molar-refractivity contribution in [2.75, 3.05) is 19.7 Å². The normalized spacial score (nSPS) is 20.2. The Morgan fingerprint density at radius 3 is 2.81 bits per heavy atom. The highest BCUT2D eigenvalue weighted by atomic mass is 16.5. The summed E-state index contributed by atoms with van der Waals surface area (Å²) < 4.78 is 5.56. The van der Waals surface area contributed by atoms with Gasteiger partial charge in [-0.05, 0) is 38.3 Å². The van der Waals surface area contributed by atoms with Crippen molar-refractivity contribution in [3.05, 3.63) is 35.4 Å². The van der Waals surface area contributed by atoms with Crippen LogP contribution in [0.15, 0.2) is 24.3 Å². The van der Waals surface area contributed by atoms with E-state index in [4.69, 9.17) is 4.74 Å². The summed E-state index contributed by atoms with van der Waals surface area (Å²) in [4.78, 5) is 0. The fraction of sp³-hybridized carbons (Fsp3) is 0.571. The summed E-state index contributed by atoms with van der Waals surface area (Å²) in [5.41, 5.74) is 2.74. The Labute approximate surface area is 98.0 Å². The molecule has 0 unspecified atom stereocenters. The minimum Gasteiger partial charge on any atom is -0.377 e. The second-order valence-corrected chi connectivity index (χ2v) is 4.57. The van der Waals surface area contributed by atoms with Gasteiger partial charge in [0.1, 0.15) is 0 Å². The van der Waals surface area contributed by atoms with Gasteiger partial charge in [-0.2, -0.15) is 0 Å². The summed E-state index contributed by atoms with van der Waals surface area (Å²) >= 11 is 0. The molecule has 1 heterocycles. The van der Waals surface area contributed by atoms with Gasteiger partial charge in [0.15, 0.2) is 0 Å². The molecule has 1 aromatic rings. The lowest BCUT2D eigenvalue weighted by Gasteiger charge is -2.10. The molecule has 0 saturated carbocycles. The molecule has 1 atom stereocenters. The third-order valence-electron chi connectivity index (χ3n) is 3.11. The monoisotopic (exact) mass is 219 g/mol. The van der Waals surface area contributed by atoms with Crippen LogP contribution in [0, 0.1) is 6.92 Å². The van der Waals surface area contributed by atoms with E-state index in [1.165, 1.54) is 24.0 Å². The summed E-state index contributed by atoms with van der Waals surface area (Å²) in [5, 5.41) is 3.47. The average Bonchev–Trinajstić information content (AvgIpc) is 2.80. The molecule has 1 aromatic carbocycles. The maximum atomic E-state index is 5.56. The van der Waals surface area contributed by atoms with Crippen LogP contribution in [-0.2, 0) is 11.2 Å². The highest BCUT2D eigenvalue weighted by Gasteiger charge is 2.13. The van der Waals surface area contributed by atoms with E-state index in [2.05, 4.69) is 36.5 Å². The average molecular weight is 219 g/mol. The summed E-state index contributed by atoms with van der Waals surface area (Å²) in [5.74, 6) is 0. The van der Waals surface area contributed by atoms with Crippen LogP contribution in [0.5, 0.6) is 0 Å². The van der Waals surface area contributed by atoms with Gasteiger partial charge in [0.05, 0.1) is 6.10 Å². The molecule has 0 aromatic heterocycles. The number of nitrogens with one attached hydrogen (secondary N) is 1. The number of hydrogen-bond acceptors (Lipinski definition) is 2. The molecular formula is C14H21NO. The topological polar surface area (TPSA) is 21.3 Å². The number of benzene rings is 1. The van der Waals surface area contributed by atoms with Crippen LogP contribution in [0.4, 0.5) is 0 Å². The zero-order valence-corrected chi connectivity index (χ0v) is 10.0. The van der Waals surface area contributed by atoms with E-state index in [0.717, 1.165) is 26.1 Å². The van der Waals surface area contributed by atoms with Gasteiger partial charge in [0.25, 0.3) is 0 Å². The molecular weight excluding hydrogens is 198 g/mol. The number of hydrogen-bond donors (Lipinski definition) is 1. The molecule has 88 valence electrons. The Balaban J connectivity index is 1.62. The maximum absolute atomic E-state index is 5.56. The Kier molecular flexibility index (Phi) is 4.37. The lowest BCUT2D eigenvalue weighted by Crippen LogP contribution is -2.27. The standard InChI is InChI=1S/C14H21NO/c1-12-4-6-13(7-5-12)8-9-15-11-14-3-2-10-16-14/h4-7,14-15H,2-3,8-11H2,1H3/t14-/m1/s1. The lowest BCUT2D eigenvalue weighted by molar-refractivity contribution is 0.110. The van der Waals surface area contributed by atoms with Crippen LogP contribution in [0.1, 0.15) is 24.0 Å². The number of rotatable bonds is 5. The van der Waals surface area contributed by atoms with Crippen LogP contribution >= 0.6 is 0 Å². The highest BCUT2D eigenvalue weighted by Crippen LogP contribution is 2.10. The molecule has 1 aliphatic rings. The Bertz CT molecular complexity index is 301. The van der Waals surface area contributed by atoms with Gasteiger partial charge in [-0.1, -0.05) is 29.8 Å². The van der Waals surface area contributed by atoms with Gasteiger partial charge in [0.2, 0.25) is 0 Å². The van der Waals surface area contributed by atoms with Gasteiger partial charge in [-0.25, -0.2) is 0 Å². The maximum Gasteiger partial charge on any atom is 0.0700 e. The molecule has 2 nitrogen and oxygen atoms in total. The van der Waals surface area contributed by atoms with E-state index >= 15 is 0 Å². The first kappa shape index (κ1) is 11.6. The van der Waals surface area contributed by atoms with Crippen LogP contribution in [-0.4, -0.2) is 25.8 Å². The largest absolute Gasteiger partial charge is 0.377 e. The number of aryl methyl sites for hydroxylation is 1.